The smallest absolute Gasteiger partial charge is 0.326 e. The fraction of sp³-hybridized carbons (Fsp3) is 0.333. The van der Waals surface area contributed by atoms with E-state index in [1.165, 1.54) is 24.3 Å². The van der Waals surface area contributed by atoms with Gasteiger partial charge in [0.15, 0.2) is 0 Å². The van der Waals surface area contributed by atoms with E-state index in [1.54, 1.807) is 30.3 Å². The van der Waals surface area contributed by atoms with Crippen LogP contribution in [0.25, 0.3) is 0 Å². The number of amides is 4. The fourth-order valence-electron chi connectivity index (χ4n) is 3.77. The van der Waals surface area contributed by atoms with Crippen LogP contribution in [0.15, 0.2) is 54.6 Å². The minimum atomic E-state index is -1.66. The van der Waals surface area contributed by atoms with Crippen LogP contribution in [0.1, 0.15) is 30.4 Å². The summed E-state index contributed by atoms with van der Waals surface area (Å²) in [5, 5.41) is 35.1. The Kier molecular flexibility index (Phi) is 12.2. The normalized spacial score (nSPS) is 13.6. The summed E-state index contributed by atoms with van der Waals surface area (Å²) in [6, 6.07) is 8.78. The fourth-order valence-corrected chi connectivity index (χ4v) is 3.77. The monoisotopic (exact) mass is 571 g/mol. The van der Waals surface area contributed by atoms with Gasteiger partial charge in [-0.1, -0.05) is 42.5 Å². The van der Waals surface area contributed by atoms with E-state index >= 15 is 0 Å². The molecule has 0 heterocycles. The first kappa shape index (κ1) is 32.2. The van der Waals surface area contributed by atoms with E-state index in [1.807, 2.05) is 0 Å². The van der Waals surface area contributed by atoms with E-state index in [4.69, 9.17) is 16.6 Å². The number of hydrogen-bond acceptors (Lipinski definition) is 8. The van der Waals surface area contributed by atoms with Crippen molar-refractivity contribution in [3.05, 3.63) is 65.7 Å². The molecular formula is C27H33N5O9. The standard InChI is InChI=1S/C27H33N5O9/c28-18(10-11-23(35)36)24(37)30-19(12-15-4-2-1-3-5-15)25(38)31-20(13-16-6-8-17(33)9-7-16)26(39)32-21(27(40)41)14-22(29)34/h1-9,18-21,33H,10-14,28H2,(H2,29,34)(H,30,37)(H,31,38)(H,32,39)(H,35,36)(H,40,41). The second-order valence-electron chi connectivity index (χ2n) is 9.29. The van der Waals surface area contributed by atoms with Crippen LogP contribution in [0.2, 0.25) is 0 Å². The highest BCUT2D eigenvalue weighted by Crippen LogP contribution is 2.13. The lowest BCUT2D eigenvalue weighted by Gasteiger charge is -2.25. The van der Waals surface area contributed by atoms with Gasteiger partial charge in [0.25, 0.3) is 0 Å². The number of phenolic OH excluding ortho intramolecular Hbond substituents is 1. The molecule has 41 heavy (non-hydrogen) atoms. The van der Waals surface area contributed by atoms with Gasteiger partial charge in [-0.3, -0.25) is 24.0 Å². The molecule has 4 unspecified atom stereocenters. The summed E-state index contributed by atoms with van der Waals surface area (Å²) in [6.45, 7) is 0. The third kappa shape index (κ3) is 11.3. The molecule has 14 heteroatoms. The van der Waals surface area contributed by atoms with Crippen molar-refractivity contribution in [2.75, 3.05) is 0 Å². The predicted molar refractivity (Wildman–Crippen MR) is 144 cm³/mol. The topological polar surface area (TPSA) is 251 Å². The molecule has 0 aliphatic carbocycles. The van der Waals surface area contributed by atoms with Gasteiger partial charge in [0.05, 0.1) is 12.5 Å². The number of aromatic hydroxyl groups is 1. The number of primary amides is 1. The molecule has 0 bridgehead atoms. The second kappa shape index (κ2) is 15.6. The molecule has 0 aliphatic rings. The average Bonchev–Trinajstić information content (AvgIpc) is 2.91. The van der Waals surface area contributed by atoms with Crippen molar-refractivity contribution >= 4 is 35.6 Å². The Labute approximate surface area is 235 Å². The average molecular weight is 572 g/mol. The molecule has 0 radical (unpaired) electrons. The van der Waals surface area contributed by atoms with Crippen LogP contribution in [0.5, 0.6) is 5.75 Å². The number of aliphatic carboxylic acids is 2. The zero-order valence-electron chi connectivity index (χ0n) is 22.0. The van der Waals surface area contributed by atoms with E-state index in [0.717, 1.165) is 0 Å². The van der Waals surface area contributed by atoms with Crippen molar-refractivity contribution in [3.63, 3.8) is 0 Å². The van der Waals surface area contributed by atoms with Crippen molar-refractivity contribution in [2.45, 2.75) is 56.3 Å². The van der Waals surface area contributed by atoms with Gasteiger partial charge < -0.3 is 42.7 Å². The van der Waals surface area contributed by atoms with Gasteiger partial charge in [-0.25, -0.2) is 4.79 Å². The molecular weight excluding hydrogens is 538 g/mol. The van der Waals surface area contributed by atoms with E-state index in [9.17, 15) is 39.0 Å². The summed E-state index contributed by atoms with van der Waals surface area (Å²) in [7, 11) is 0. The van der Waals surface area contributed by atoms with Crippen LogP contribution in [-0.4, -0.2) is 75.1 Å². The largest absolute Gasteiger partial charge is 0.508 e. The molecule has 4 amide bonds. The molecule has 0 fully saturated rings. The predicted octanol–water partition coefficient (Wildman–Crippen LogP) is -1.22. The van der Waals surface area contributed by atoms with Gasteiger partial charge in [-0.15, -0.1) is 0 Å². The molecule has 2 aromatic rings. The number of nitrogens with one attached hydrogen (secondary N) is 3. The van der Waals surface area contributed by atoms with Crippen molar-refractivity contribution in [2.24, 2.45) is 11.5 Å². The molecule has 2 aromatic carbocycles. The molecule has 0 aromatic heterocycles. The summed E-state index contributed by atoms with van der Waals surface area (Å²) in [5.41, 5.74) is 12.0. The highest BCUT2D eigenvalue weighted by molar-refractivity contribution is 5.95. The van der Waals surface area contributed by atoms with Crippen LogP contribution in [0, 0.1) is 0 Å². The summed E-state index contributed by atoms with van der Waals surface area (Å²) in [5.74, 6) is -6.22. The number of hydrogen-bond donors (Lipinski definition) is 8. The minimum absolute atomic E-state index is 0.0168. The Balaban J connectivity index is 2.32. The van der Waals surface area contributed by atoms with Gasteiger partial charge in [0, 0.05) is 19.3 Å². The quantitative estimate of drug-likeness (QED) is 0.119. The van der Waals surface area contributed by atoms with Crippen LogP contribution in [-0.2, 0) is 41.6 Å². The first-order valence-electron chi connectivity index (χ1n) is 12.6. The maximum atomic E-state index is 13.5. The molecule has 0 saturated carbocycles. The SMILES string of the molecule is NC(=O)CC(NC(=O)C(Cc1ccc(O)cc1)NC(=O)C(Cc1ccccc1)NC(=O)C(N)CCC(=O)O)C(=O)O. The highest BCUT2D eigenvalue weighted by Gasteiger charge is 2.31. The van der Waals surface area contributed by atoms with Crippen molar-refractivity contribution in [1.29, 1.82) is 0 Å². The van der Waals surface area contributed by atoms with E-state index < -0.39 is 66.2 Å². The summed E-state index contributed by atoms with van der Waals surface area (Å²) < 4.78 is 0. The number of carbonyl (C=O) groups excluding carboxylic acids is 4. The maximum absolute atomic E-state index is 13.5. The maximum Gasteiger partial charge on any atom is 0.326 e. The summed E-state index contributed by atoms with van der Waals surface area (Å²) in [4.78, 5) is 73.1. The summed E-state index contributed by atoms with van der Waals surface area (Å²) >= 11 is 0. The number of nitrogens with two attached hydrogens (primary N) is 2. The molecule has 0 saturated heterocycles. The minimum Gasteiger partial charge on any atom is -0.508 e. The molecule has 0 spiro atoms. The van der Waals surface area contributed by atoms with Crippen molar-refractivity contribution in [1.82, 2.24) is 16.0 Å². The van der Waals surface area contributed by atoms with E-state index in [-0.39, 0.29) is 31.4 Å². The number of rotatable bonds is 16. The number of carboxylic acid groups (broad SMARTS) is 2. The lowest BCUT2D eigenvalue weighted by Crippen LogP contribution is -2.58. The third-order valence-corrected chi connectivity index (χ3v) is 5.95. The Bertz CT molecular complexity index is 1240. The Hall–Kier alpha value is -4.98. The molecule has 14 nitrogen and oxygen atoms in total. The Morgan fingerprint density at radius 2 is 1.20 bits per heavy atom. The molecule has 4 atom stereocenters. The van der Waals surface area contributed by atoms with E-state index in [0.29, 0.717) is 11.1 Å². The van der Waals surface area contributed by atoms with Crippen LogP contribution in [0.3, 0.4) is 0 Å². The van der Waals surface area contributed by atoms with Crippen LogP contribution in [0.4, 0.5) is 0 Å². The number of benzene rings is 2. The first-order valence-corrected chi connectivity index (χ1v) is 12.6. The van der Waals surface area contributed by atoms with Crippen LogP contribution < -0.4 is 27.4 Å². The van der Waals surface area contributed by atoms with Gasteiger partial charge in [-0.05, 0) is 29.7 Å². The third-order valence-electron chi connectivity index (χ3n) is 5.95. The molecule has 0 aliphatic heterocycles. The van der Waals surface area contributed by atoms with Gasteiger partial charge in [0.2, 0.25) is 23.6 Å². The van der Waals surface area contributed by atoms with Crippen molar-refractivity contribution < 1.29 is 44.1 Å². The van der Waals surface area contributed by atoms with Gasteiger partial charge in [-0.2, -0.15) is 0 Å². The lowest BCUT2D eigenvalue weighted by atomic mass is 10.0. The van der Waals surface area contributed by atoms with Crippen molar-refractivity contribution in [3.8, 4) is 5.75 Å². The first-order chi connectivity index (χ1) is 19.3. The zero-order chi connectivity index (χ0) is 30.5. The Morgan fingerprint density at radius 3 is 1.68 bits per heavy atom. The zero-order valence-corrected chi connectivity index (χ0v) is 22.0. The molecule has 10 N–H and O–H groups in total. The molecule has 2 rings (SSSR count). The lowest BCUT2D eigenvalue weighted by molar-refractivity contribution is -0.143. The van der Waals surface area contributed by atoms with Crippen LogP contribution >= 0.6 is 0 Å². The molecule has 220 valence electrons. The number of phenols is 1. The number of carboxylic acids is 2. The highest BCUT2D eigenvalue weighted by atomic mass is 16.4. The summed E-state index contributed by atoms with van der Waals surface area (Å²) in [6.07, 6.45) is -1.40. The van der Waals surface area contributed by atoms with Gasteiger partial charge >= 0.3 is 11.9 Å². The van der Waals surface area contributed by atoms with E-state index in [2.05, 4.69) is 16.0 Å². The second-order valence-corrected chi connectivity index (χ2v) is 9.29. The van der Waals surface area contributed by atoms with Gasteiger partial charge in [0.1, 0.15) is 23.9 Å². The Morgan fingerprint density at radius 1 is 0.707 bits per heavy atom. The number of carbonyl (C=O) groups is 6.